The molecule has 1 aromatic rings. The van der Waals surface area contributed by atoms with Crippen molar-refractivity contribution in [2.24, 2.45) is 11.1 Å². The van der Waals surface area contributed by atoms with Crippen molar-refractivity contribution in [3.8, 4) is 5.75 Å². The Bertz CT molecular complexity index is 552. The number of hydrogen-bond acceptors (Lipinski definition) is 4. The van der Waals surface area contributed by atoms with Crippen LogP contribution in [0.1, 0.15) is 24.8 Å². The molecule has 2 bridgehead atoms. The van der Waals surface area contributed by atoms with E-state index in [0.717, 1.165) is 24.8 Å². The van der Waals surface area contributed by atoms with E-state index >= 15 is 0 Å². The van der Waals surface area contributed by atoms with Gasteiger partial charge in [0.05, 0.1) is 14.2 Å². The third-order valence-corrected chi connectivity index (χ3v) is 4.92. The van der Waals surface area contributed by atoms with Crippen molar-refractivity contribution in [1.82, 2.24) is 0 Å². The normalized spacial score (nSPS) is 31.8. The molecule has 0 aromatic heterocycles. The van der Waals surface area contributed by atoms with Gasteiger partial charge in [-0.2, -0.15) is 0 Å². The van der Waals surface area contributed by atoms with Crippen molar-refractivity contribution in [3.63, 3.8) is 0 Å². The van der Waals surface area contributed by atoms with Gasteiger partial charge in [0.2, 0.25) is 0 Å². The number of hydrogen-bond donors (Lipinski definition) is 1. The van der Waals surface area contributed by atoms with E-state index < -0.39 is 6.04 Å². The van der Waals surface area contributed by atoms with Gasteiger partial charge in [-0.1, -0.05) is 0 Å². The Labute approximate surface area is 117 Å². The van der Waals surface area contributed by atoms with Crippen molar-refractivity contribution in [2.75, 3.05) is 14.2 Å². The van der Waals surface area contributed by atoms with Crippen LogP contribution in [-0.2, 0) is 14.9 Å². The summed E-state index contributed by atoms with van der Waals surface area (Å²) in [7, 11) is 2.93. The molecule has 0 amide bonds. The predicted octanol–water partition coefficient (Wildman–Crippen LogP) is 1.76. The lowest BCUT2D eigenvalue weighted by atomic mass is 9.31. The number of nitrogens with two attached hydrogens (primary N) is 1. The number of carbonyl (C=O) groups excluding carboxylic acids is 1. The van der Waals surface area contributed by atoms with Crippen LogP contribution in [0.5, 0.6) is 5.75 Å². The zero-order valence-electron chi connectivity index (χ0n) is 11.6. The monoisotopic (exact) mass is 279 g/mol. The van der Waals surface area contributed by atoms with Gasteiger partial charge in [-0.25, -0.2) is 4.39 Å². The molecular weight excluding hydrogens is 261 g/mol. The van der Waals surface area contributed by atoms with Crippen molar-refractivity contribution < 1.29 is 18.7 Å². The second kappa shape index (κ2) is 4.19. The number of methoxy groups -OCH3 is 2. The first-order chi connectivity index (χ1) is 9.46. The Morgan fingerprint density at radius 1 is 1.35 bits per heavy atom. The van der Waals surface area contributed by atoms with E-state index in [1.165, 1.54) is 19.2 Å². The van der Waals surface area contributed by atoms with Crippen LogP contribution in [0.2, 0.25) is 0 Å². The number of benzene rings is 1. The van der Waals surface area contributed by atoms with E-state index in [1.807, 2.05) is 0 Å². The minimum absolute atomic E-state index is 0.0842. The quantitative estimate of drug-likeness (QED) is 0.853. The number of carbonyl (C=O) groups is 1. The maximum absolute atomic E-state index is 13.5. The first-order valence-electron chi connectivity index (χ1n) is 6.64. The highest BCUT2D eigenvalue weighted by Crippen LogP contribution is 2.75. The van der Waals surface area contributed by atoms with Crippen LogP contribution in [0.3, 0.4) is 0 Å². The molecule has 3 aliphatic rings. The maximum atomic E-state index is 13.5. The summed E-state index contributed by atoms with van der Waals surface area (Å²) < 4.78 is 23.5. The molecule has 5 heteroatoms. The van der Waals surface area contributed by atoms with E-state index in [2.05, 4.69) is 0 Å². The summed E-state index contributed by atoms with van der Waals surface area (Å²) in [6.07, 6.45) is 2.36. The molecule has 2 N–H and O–H groups in total. The summed E-state index contributed by atoms with van der Waals surface area (Å²) in [5.74, 6) is 0.0627. The Hall–Kier alpha value is -1.62. The SMILES string of the molecule is COC(=O)C(N)C12CC(c3cc(F)ccc3OC)(C1)C2. The zero-order chi connectivity index (χ0) is 14.5. The minimum atomic E-state index is -0.589. The lowest BCUT2D eigenvalue weighted by Crippen LogP contribution is -2.72. The van der Waals surface area contributed by atoms with E-state index in [1.54, 1.807) is 13.2 Å². The first-order valence-corrected chi connectivity index (χ1v) is 6.64. The maximum Gasteiger partial charge on any atom is 0.323 e. The van der Waals surface area contributed by atoms with Gasteiger partial charge in [0.1, 0.15) is 17.6 Å². The third-order valence-electron chi connectivity index (χ3n) is 4.92. The highest BCUT2D eigenvalue weighted by Gasteiger charge is 2.72. The van der Waals surface area contributed by atoms with Gasteiger partial charge in [-0.3, -0.25) is 4.79 Å². The Kier molecular flexibility index (Phi) is 2.80. The molecule has 1 atom stereocenters. The van der Waals surface area contributed by atoms with Gasteiger partial charge in [0.25, 0.3) is 0 Å². The number of halogens is 1. The van der Waals surface area contributed by atoms with E-state index in [-0.39, 0.29) is 22.6 Å². The lowest BCUT2D eigenvalue weighted by molar-refractivity contribution is -0.181. The Morgan fingerprint density at radius 2 is 2.00 bits per heavy atom. The predicted molar refractivity (Wildman–Crippen MR) is 70.9 cm³/mol. The van der Waals surface area contributed by atoms with Crippen LogP contribution in [0.15, 0.2) is 18.2 Å². The molecule has 4 rings (SSSR count). The van der Waals surface area contributed by atoms with Crippen LogP contribution < -0.4 is 10.5 Å². The third kappa shape index (κ3) is 1.59. The van der Waals surface area contributed by atoms with Crippen molar-refractivity contribution in [1.29, 1.82) is 0 Å². The molecule has 0 saturated heterocycles. The molecular formula is C15H18FNO3. The lowest BCUT2D eigenvalue weighted by Gasteiger charge is -2.72. The molecule has 0 spiro atoms. The van der Waals surface area contributed by atoms with Crippen molar-refractivity contribution in [3.05, 3.63) is 29.6 Å². The highest BCUT2D eigenvalue weighted by molar-refractivity contribution is 5.78. The van der Waals surface area contributed by atoms with E-state index in [4.69, 9.17) is 15.2 Å². The van der Waals surface area contributed by atoms with E-state index in [0.29, 0.717) is 5.75 Å². The molecule has 3 fully saturated rings. The van der Waals surface area contributed by atoms with Gasteiger partial charge in [0, 0.05) is 11.0 Å². The molecule has 0 radical (unpaired) electrons. The topological polar surface area (TPSA) is 61.5 Å². The smallest absolute Gasteiger partial charge is 0.323 e. The summed E-state index contributed by atoms with van der Waals surface area (Å²) in [6.45, 7) is 0. The molecule has 1 unspecified atom stereocenters. The molecule has 3 saturated carbocycles. The second-order valence-corrected chi connectivity index (χ2v) is 6.02. The Morgan fingerprint density at radius 3 is 2.55 bits per heavy atom. The van der Waals surface area contributed by atoms with Gasteiger partial charge >= 0.3 is 5.97 Å². The fraction of sp³-hybridized carbons (Fsp3) is 0.533. The van der Waals surface area contributed by atoms with Gasteiger partial charge in [-0.05, 0) is 42.9 Å². The Balaban J connectivity index is 1.82. The number of ether oxygens (including phenoxy) is 2. The fourth-order valence-corrected chi connectivity index (χ4v) is 3.95. The second-order valence-electron chi connectivity index (χ2n) is 6.02. The summed E-state index contributed by atoms with van der Waals surface area (Å²) in [5, 5.41) is 0. The molecule has 0 aliphatic heterocycles. The summed E-state index contributed by atoms with van der Waals surface area (Å²) >= 11 is 0. The first kappa shape index (κ1) is 13.4. The van der Waals surface area contributed by atoms with Crippen molar-refractivity contribution in [2.45, 2.75) is 30.7 Å². The number of rotatable bonds is 4. The fourth-order valence-electron chi connectivity index (χ4n) is 3.95. The van der Waals surface area contributed by atoms with E-state index in [9.17, 15) is 9.18 Å². The molecule has 108 valence electrons. The van der Waals surface area contributed by atoms with Crippen LogP contribution in [0.25, 0.3) is 0 Å². The summed E-state index contributed by atoms with van der Waals surface area (Å²) in [5.41, 5.74) is 6.59. The van der Waals surface area contributed by atoms with Gasteiger partial charge in [-0.15, -0.1) is 0 Å². The average molecular weight is 279 g/mol. The minimum Gasteiger partial charge on any atom is -0.496 e. The molecule has 1 aromatic carbocycles. The number of esters is 1. The standard InChI is InChI=1S/C15H18FNO3/c1-19-11-4-3-9(16)5-10(11)14-6-15(7-14,8-14)12(17)13(18)20-2/h3-5,12H,6-8,17H2,1-2H3. The average Bonchev–Trinajstić information content (AvgIpc) is 2.35. The largest absolute Gasteiger partial charge is 0.496 e. The van der Waals surface area contributed by atoms with Crippen LogP contribution >= 0.6 is 0 Å². The molecule has 0 heterocycles. The molecule has 3 aliphatic carbocycles. The van der Waals surface area contributed by atoms with Gasteiger partial charge < -0.3 is 15.2 Å². The zero-order valence-corrected chi connectivity index (χ0v) is 11.6. The highest BCUT2D eigenvalue weighted by atomic mass is 19.1. The van der Waals surface area contributed by atoms with Crippen LogP contribution in [-0.4, -0.2) is 26.2 Å². The molecule has 4 nitrogen and oxygen atoms in total. The van der Waals surface area contributed by atoms with Crippen LogP contribution in [0, 0.1) is 11.2 Å². The van der Waals surface area contributed by atoms with Crippen molar-refractivity contribution >= 4 is 5.97 Å². The van der Waals surface area contributed by atoms with Crippen LogP contribution in [0.4, 0.5) is 4.39 Å². The molecule has 20 heavy (non-hydrogen) atoms. The van der Waals surface area contributed by atoms with Gasteiger partial charge in [0.15, 0.2) is 0 Å². The summed E-state index contributed by atoms with van der Waals surface area (Å²) in [4.78, 5) is 11.6. The summed E-state index contributed by atoms with van der Waals surface area (Å²) in [6, 6.07) is 3.99.